The van der Waals surface area contributed by atoms with E-state index in [0.717, 1.165) is 5.69 Å². The number of fused-ring (bicyclic) bond motifs is 2. The first-order chi connectivity index (χ1) is 15.1. The zero-order chi connectivity index (χ0) is 21.2. The zero-order valence-electron chi connectivity index (χ0n) is 16.7. The van der Waals surface area contributed by atoms with Gasteiger partial charge in [0.15, 0.2) is 11.5 Å². The summed E-state index contributed by atoms with van der Waals surface area (Å²) in [6, 6.07) is 12.5. The molecule has 0 saturated carbocycles. The van der Waals surface area contributed by atoms with Crippen LogP contribution in [0.4, 0.5) is 11.4 Å². The topological polar surface area (TPSA) is 86.3 Å². The molecule has 8 heteroatoms. The molecular weight excluding hydrogens is 400 g/mol. The number of ether oxygens (including phenoxy) is 4. The summed E-state index contributed by atoms with van der Waals surface area (Å²) in [6.45, 7) is 0.542. The van der Waals surface area contributed by atoms with E-state index in [-0.39, 0.29) is 18.6 Å². The van der Waals surface area contributed by atoms with Crippen molar-refractivity contribution in [2.45, 2.75) is 11.7 Å². The number of amides is 2. The molecule has 0 aliphatic carbocycles. The van der Waals surface area contributed by atoms with E-state index in [2.05, 4.69) is 5.32 Å². The largest absolute Gasteiger partial charge is 0.497 e. The van der Waals surface area contributed by atoms with Gasteiger partial charge in [-0.05, 0) is 36.4 Å². The number of anilines is 2. The minimum Gasteiger partial charge on any atom is -0.497 e. The van der Waals surface area contributed by atoms with Crippen LogP contribution in [0.25, 0.3) is 0 Å². The Morgan fingerprint density at radius 1 is 1.16 bits per heavy atom. The Morgan fingerprint density at radius 2 is 1.97 bits per heavy atom. The molecule has 0 aromatic heterocycles. The van der Waals surface area contributed by atoms with E-state index >= 15 is 0 Å². The molecule has 1 unspecified atom stereocenters. The highest BCUT2D eigenvalue weighted by Gasteiger charge is 2.67. The van der Waals surface area contributed by atoms with Gasteiger partial charge in [0.1, 0.15) is 11.4 Å². The van der Waals surface area contributed by atoms with Crippen molar-refractivity contribution in [1.82, 2.24) is 0 Å². The molecule has 2 fully saturated rings. The van der Waals surface area contributed by atoms with Gasteiger partial charge >= 0.3 is 0 Å². The lowest BCUT2D eigenvalue weighted by Crippen LogP contribution is -2.41. The average Bonchev–Trinajstić information content (AvgIpc) is 3.54. The normalized spacial score (nSPS) is 29.4. The van der Waals surface area contributed by atoms with E-state index in [9.17, 15) is 9.59 Å². The maximum absolute atomic E-state index is 13.4. The fourth-order valence-corrected chi connectivity index (χ4v) is 4.98. The third-order valence-electron chi connectivity index (χ3n) is 6.43. The van der Waals surface area contributed by atoms with Gasteiger partial charge in [0.2, 0.25) is 18.6 Å². The van der Waals surface area contributed by atoms with E-state index in [4.69, 9.17) is 18.9 Å². The number of hydrogen-bond acceptors (Lipinski definition) is 6. The van der Waals surface area contributed by atoms with Crippen LogP contribution in [0.2, 0.25) is 0 Å². The second kappa shape index (κ2) is 6.49. The minimum absolute atomic E-state index is 0.108. The molecule has 4 aliphatic rings. The van der Waals surface area contributed by atoms with Crippen molar-refractivity contribution in [1.29, 1.82) is 0 Å². The summed E-state index contributed by atoms with van der Waals surface area (Å²) in [4.78, 5) is 28.3. The zero-order valence-corrected chi connectivity index (χ0v) is 16.7. The standard InChI is InChI=1S/C23H20N2O6/c1-28-15-5-3-14(4-6-15)25-11-23-9-8-17(31-23)19(20(23)22(25)27)21(26)24-13-2-7-16-18(10-13)30-12-29-16/h2-10,17,19-20H,11-12H2,1H3,(H,24,26)/t17-,19?,20-,23+/m0/s1. The van der Waals surface area contributed by atoms with Crippen molar-refractivity contribution < 1.29 is 28.5 Å². The van der Waals surface area contributed by atoms with Gasteiger partial charge < -0.3 is 29.2 Å². The Balaban J connectivity index is 1.26. The Hall–Kier alpha value is -3.52. The monoisotopic (exact) mass is 420 g/mol. The van der Waals surface area contributed by atoms with Crippen LogP contribution < -0.4 is 24.4 Å². The maximum atomic E-state index is 13.4. The van der Waals surface area contributed by atoms with E-state index in [1.165, 1.54) is 0 Å². The molecule has 1 N–H and O–H groups in total. The van der Waals surface area contributed by atoms with Crippen LogP contribution >= 0.6 is 0 Å². The predicted octanol–water partition coefficient (Wildman–Crippen LogP) is 2.35. The van der Waals surface area contributed by atoms with Crippen molar-refractivity contribution in [3.63, 3.8) is 0 Å². The molecule has 8 nitrogen and oxygen atoms in total. The predicted molar refractivity (Wildman–Crippen MR) is 110 cm³/mol. The van der Waals surface area contributed by atoms with Gasteiger partial charge in [-0.2, -0.15) is 0 Å². The number of hydrogen-bond donors (Lipinski definition) is 1. The lowest BCUT2D eigenvalue weighted by Gasteiger charge is -2.23. The summed E-state index contributed by atoms with van der Waals surface area (Å²) >= 11 is 0. The van der Waals surface area contributed by atoms with Gasteiger partial charge in [0.05, 0.1) is 31.6 Å². The molecule has 31 heavy (non-hydrogen) atoms. The number of nitrogens with one attached hydrogen (secondary N) is 1. The minimum atomic E-state index is -0.779. The van der Waals surface area contributed by atoms with Gasteiger partial charge in [-0.3, -0.25) is 9.59 Å². The summed E-state index contributed by atoms with van der Waals surface area (Å²) in [5, 5.41) is 2.92. The van der Waals surface area contributed by atoms with Crippen molar-refractivity contribution >= 4 is 23.2 Å². The molecule has 158 valence electrons. The van der Waals surface area contributed by atoms with Gasteiger partial charge in [-0.15, -0.1) is 0 Å². The molecule has 2 saturated heterocycles. The first-order valence-corrected chi connectivity index (χ1v) is 10.1. The lowest BCUT2D eigenvalue weighted by molar-refractivity contribution is -0.128. The number of benzene rings is 2. The van der Waals surface area contributed by atoms with E-state index in [0.29, 0.717) is 29.5 Å². The molecule has 1 spiro atoms. The first-order valence-electron chi connectivity index (χ1n) is 10.1. The number of rotatable bonds is 4. The van der Waals surface area contributed by atoms with Gasteiger partial charge in [0.25, 0.3) is 0 Å². The number of nitrogens with zero attached hydrogens (tertiary/aromatic N) is 1. The molecule has 6 rings (SSSR count). The van der Waals surface area contributed by atoms with Gasteiger partial charge in [-0.25, -0.2) is 0 Å². The van der Waals surface area contributed by atoms with Gasteiger partial charge in [-0.1, -0.05) is 12.2 Å². The smallest absolute Gasteiger partial charge is 0.234 e. The SMILES string of the molecule is COc1ccc(N2C[C@@]34C=C[C@H](O3)C(C(=O)Nc3ccc5c(c3)OCO5)[C@H]4C2=O)cc1. The molecule has 2 bridgehead atoms. The van der Waals surface area contributed by atoms with Crippen LogP contribution in [0, 0.1) is 11.8 Å². The van der Waals surface area contributed by atoms with Crippen LogP contribution in [0.1, 0.15) is 0 Å². The summed E-state index contributed by atoms with van der Waals surface area (Å²) in [6.07, 6.45) is 3.42. The molecule has 4 heterocycles. The Labute approximate surface area is 178 Å². The lowest BCUT2D eigenvalue weighted by atomic mass is 9.77. The molecular formula is C23H20N2O6. The summed E-state index contributed by atoms with van der Waals surface area (Å²) < 4.78 is 22.1. The molecule has 2 amide bonds. The third-order valence-corrected chi connectivity index (χ3v) is 6.43. The first kappa shape index (κ1) is 18.3. The third kappa shape index (κ3) is 2.64. The van der Waals surface area contributed by atoms with Crippen molar-refractivity contribution in [2.24, 2.45) is 11.8 Å². The second-order valence-electron chi connectivity index (χ2n) is 8.08. The highest BCUT2D eigenvalue weighted by Crippen LogP contribution is 2.53. The fraction of sp³-hybridized carbons (Fsp3) is 0.304. The van der Waals surface area contributed by atoms with Crippen LogP contribution in [0.15, 0.2) is 54.6 Å². The van der Waals surface area contributed by atoms with E-state index in [1.807, 2.05) is 36.4 Å². The van der Waals surface area contributed by atoms with Crippen molar-refractivity contribution in [3.8, 4) is 17.2 Å². The highest BCUT2D eigenvalue weighted by atomic mass is 16.7. The van der Waals surface area contributed by atoms with Crippen LogP contribution in [-0.2, 0) is 14.3 Å². The summed E-state index contributed by atoms with van der Waals surface area (Å²) in [5.74, 6) is 0.412. The van der Waals surface area contributed by atoms with Crippen LogP contribution in [-0.4, -0.2) is 44.0 Å². The molecule has 2 aromatic carbocycles. The Morgan fingerprint density at radius 3 is 2.77 bits per heavy atom. The fourth-order valence-electron chi connectivity index (χ4n) is 4.98. The molecule has 0 radical (unpaired) electrons. The average molecular weight is 420 g/mol. The number of carbonyl (C=O) groups is 2. The van der Waals surface area contributed by atoms with E-state index < -0.39 is 23.5 Å². The molecule has 4 atom stereocenters. The molecule has 4 aliphatic heterocycles. The van der Waals surface area contributed by atoms with Crippen LogP contribution in [0.5, 0.6) is 17.2 Å². The summed E-state index contributed by atoms with van der Waals surface area (Å²) in [7, 11) is 1.60. The quantitative estimate of drug-likeness (QED) is 0.765. The van der Waals surface area contributed by atoms with Crippen molar-refractivity contribution in [2.75, 3.05) is 30.7 Å². The van der Waals surface area contributed by atoms with E-state index in [1.54, 1.807) is 30.2 Å². The number of carbonyl (C=O) groups excluding carboxylic acids is 2. The second-order valence-corrected chi connectivity index (χ2v) is 8.08. The van der Waals surface area contributed by atoms with Crippen LogP contribution in [0.3, 0.4) is 0 Å². The Kier molecular flexibility index (Phi) is 3.82. The van der Waals surface area contributed by atoms with Gasteiger partial charge in [0, 0.05) is 17.4 Å². The Bertz CT molecular complexity index is 1110. The number of methoxy groups -OCH3 is 1. The highest BCUT2D eigenvalue weighted by molar-refractivity contribution is 6.05. The molecule has 2 aromatic rings. The maximum Gasteiger partial charge on any atom is 0.234 e. The summed E-state index contributed by atoms with van der Waals surface area (Å²) in [5.41, 5.74) is 0.566. The van der Waals surface area contributed by atoms with Crippen molar-refractivity contribution in [3.05, 3.63) is 54.6 Å².